The van der Waals surface area contributed by atoms with Crippen LogP contribution in [-0.2, 0) is 13.1 Å². The summed E-state index contributed by atoms with van der Waals surface area (Å²) >= 11 is 9.42. The number of ether oxygens (including phenoxy) is 1. The van der Waals surface area contributed by atoms with Crippen LogP contribution in [0.4, 0.5) is 4.79 Å². The molecule has 0 unspecified atom stereocenters. The summed E-state index contributed by atoms with van der Waals surface area (Å²) in [5, 5.41) is 6.17. The zero-order valence-corrected chi connectivity index (χ0v) is 16.1. The first kappa shape index (κ1) is 19.6. The summed E-state index contributed by atoms with van der Waals surface area (Å²) in [7, 11) is 0. The van der Waals surface area contributed by atoms with E-state index in [-0.39, 0.29) is 6.03 Å². The highest BCUT2D eigenvalue weighted by molar-refractivity contribution is 9.10. The third-order valence-corrected chi connectivity index (χ3v) is 4.23. The summed E-state index contributed by atoms with van der Waals surface area (Å²) in [6.45, 7) is 1.94. The topological polar surface area (TPSA) is 76.4 Å². The lowest BCUT2D eigenvalue weighted by Gasteiger charge is -2.10. The van der Waals surface area contributed by atoms with Crippen molar-refractivity contribution in [3.05, 3.63) is 63.1 Å². The summed E-state index contributed by atoms with van der Waals surface area (Å²) in [6.07, 6.45) is 0.683. The number of amides is 2. The van der Waals surface area contributed by atoms with Gasteiger partial charge in [-0.05, 0) is 35.7 Å². The minimum atomic E-state index is -0.208. The van der Waals surface area contributed by atoms with Crippen molar-refractivity contribution < 1.29 is 9.53 Å². The smallest absolute Gasteiger partial charge is 0.315 e. The third kappa shape index (κ3) is 6.94. The van der Waals surface area contributed by atoms with Crippen molar-refractivity contribution in [3.63, 3.8) is 0 Å². The van der Waals surface area contributed by atoms with E-state index in [9.17, 15) is 4.79 Å². The van der Waals surface area contributed by atoms with Crippen LogP contribution in [0.25, 0.3) is 0 Å². The Morgan fingerprint density at radius 2 is 1.96 bits per heavy atom. The lowest BCUT2D eigenvalue weighted by Crippen LogP contribution is -2.36. The average Bonchev–Trinajstić information content (AvgIpc) is 2.61. The Morgan fingerprint density at radius 1 is 1.16 bits per heavy atom. The van der Waals surface area contributed by atoms with E-state index >= 15 is 0 Å². The highest BCUT2D eigenvalue weighted by atomic mass is 79.9. The minimum Gasteiger partial charge on any atom is -0.492 e. The second-order valence-corrected chi connectivity index (χ2v) is 6.73. The number of nitrogens with two attached hydrogens (primary N) is 1. The lowest BCUT2D eigenvalue weighted by molar-refractivity contribution is 0.238. The van der Waals surface area contributed by atoms with Gasteiger partial charge in [0, 0.05) is 24.1 Å². The van der Waals surface area contributed by atoms with E-state index in [4.69, 9.17) is 22.1 Å². The van der Waals surface area contributed by atoms with Gasteiger partial charge in [-0.15, -0.1) is 0 Å². The molecule has 0 fully saturated rings. The van der Waals surface area contributed by atoms with Crippen LogP contribution in [0.15, 0.2) is 46.9 Å². The normalized spacial score (nSPS) is 10.4. The van der Waals surface area contributed by atoms with Crippen LogP contribution in [0.5, 0.6) is 5.75 Å². The molecule has 4 N–H and O–H groups in total. The predicted molar refractivity (Wildman–Crippen MR) is 104 cm³/mol. The third-order valence-electron chi connectivity index (χ3n) is 3.44. The number of urea groups is 1. The quantitative estimate of drug-likeness (QED) is 0.562. The number of nitrogens with one attached hydrogen (secondary N) is 2. The van der Waals surface area contributed by atoms with Gasteiger partial charge in [0.15, 0.2) is 0 Å². The van der Waals surface area contributed by atoms with Crippen LogP contribution < -0.4 is 21.1 Å². The van der Waals surface area contributed by atoms with Gasteiger partial charge in [0.2, 0.25) is 0 Å². The molecule has 0 atom stereocenters. The monoisotopic (exact) mass is 425 g/mol. The van der Waals surface area contributed by atoms with E-state index in [1.54, 1.807) is 6.07 Å². The number of carbonyl (C=O) groups excluding carboxylic acids is 1. The van der Waals surface area contributed by atoms with E-state index in [2.05, 4.69) is 26.6 Å². The second kappa shape index (κ2) is 10.3. The van der Waals surface area contributed by atoms with E-state index in [0.29, 0.717) is 43.4 Å². The number of carbonyl (C=O) groups is 1. The van der Waals surface area contributed by atoms with Gasteiger partial charge in [0.05, 0.1) is 11.6 Å². The maximum atomic E-state index is 11.8. The fourth-order valence-corrected chi connectivity index (χ4v) is 2.89. The van der Waals surface area contributed by atoms with E-state index < -0.39 is 0 Å². The SMILES string of the molecule is NCc1cccc(CNC(=O)NCCCOc2ccc(Br)cc2Cl)c1. The van der Waals surface area contributed by atoms with Crippen LogP contribution in [0, 0.1) is 0 Å². The van der Waals surface area contributed by atoms with Gasteiger partial charge in [-0.25, -0.2) is 4.79 Å². The number of hydrogen-bond donors (Lipinski definition) is 3. The molecule has 0 aliphatic carbocycles. The van der Waals surface area contributed by atoms with Crippen molar-refractivity contribution in [3.8, 4) is 5.75 Å². The maximum absolute atomic E-state index is 11.8. The van der Waals surface area contributed by atoms with Crippen molar-refractivity contribution in [1.29, 1.82) is 0 Å². The van der Waals surface area contributed by atoms with Crippen molar-refractivity contribution >= 4 is 33.6 Å². The molecule has 2 aromatic rings. The second-order valence-electron chi connectivity index (χ2n) is 5.41. The highest BCUT2D eigenvalue weighted by Crippen LogP contribution is 2.27. The summed E-state index contributed by atoms with van der Waals surface area (Å²) in [6, 6.07) is 13.1. The first-order valence-electron chi connectivity index (χ1n) is 7.96. The summed E-state index contributed by atoms with van der Waals surface area (Å²) in [5.41, 5.74) is 7.67. The Morgan fingerprint density at radius 3 is 2.72 bits per heavy atom. The average molecular weight is 427 g/mol. The molecular formula is C18H21BrClN3O2. The molecule has 0 aromatic heterocycles. The van der Waals surface area contributed by atoms with Crippen LogP contribution >= 0.6 is 27.5 Å². The van der Waals surface area contributed by atoms with Gasteiger partial charge in [0.1, 0.15) is 5.75 Å². The maximum Gasteiger partial charge on any atom is 0.315 e. The summed E-state index contributed by atoms with van der Waals surface area (Å²) < 4.78 is 6.50. The Hall–Kier alpha value is -1.76. The molecule has 25 heavy (non-hydrogen) atoms. The van der Waals surface area contributed by atoms with Crippen LogP contribution in [0.2, 0.25) is 5.02 Å². The standard InChI is InChI=1S/C18H21BrClN3O2/c19-15-5-6-17(16(20)10-15)25-8-2-7-22-18(24)23-12-14-4-1-3-13(9-14)11-21/h1,3-6,9-10H,2,7-8,11-12,21H2,(H2,22,23,24). The van der Waals surface area contributed by atoms with Gasteiger partial charge in [-0.3, -0.25) is 0 Å². The van der Waals surface area contributed by atoms with Gasteiger partial charge in [-0.1, -0.05) is 51.8 Å². The first-order valence-corrected chi connectivity index (χ1v) is 9.13. The molecule has 0 aliphatic heterocycles. The molecule has 2 amide bonds. The van der Waals surface area contributed by atoms with Crippen molar-refractivity contribution in [1.82, 2.24) is 10.6 Å². The Kier molecular flexibility index (Phi) is 8.04. The Labute approximate surface area is 161 Å². The van der Waals surface area contributed by atoms with E-state index in [1.165, 1.54) is 0 Å². The molecule has 0 radical (unpaired) electrons. The molecule has 7 heteroatoms. The molecule has 2 aromatic carbocycles. The Bertz CT molecular complexity index is 712. The van der Waals surface area contributed by atoms with Crippen LogP contribution in [0.3, 0.4) is 0 Å². The van der Waals surface area contributed by atoms with Gasteiger partial charge in [-0.2, -0.15) is 0 Å². The van der Waals surface area contributed by atoms with Crippen LogP contribution in [0.1, 0.15) is 17.5 Å². The molecule has 134 valence electrons. The molecule has 0 saturated carbocycles. The first-order chi connectivity index (χ1) is 12.1. The van der Waals surface area contributed by atoms with E-state index in [1.807, 2.05) is 36.4 Å². The van der Waals surface area contributed by atoms with Crippen LogP contribution in [-0.4, -0.2) is 19.2 Å². The molecular weight excluding hydrogens is 406 g/mol. The molecule has 0 aliphatic rings. The summed E-state index contributed by atoms with van der Waals surface area (Å²) in [4.78, 5) is 11.8. The minimum absolute atomic E-state index is 0.208. The number of halogens is 2. The van der Waals surface area contributed by atoms with Gasteiger partial charge in [0.25, 0.3) is 0 Å². The zero-order valence-electron chi connectivity index (χ0n) is 13.7. The number of rotatable bonds is 8. The molecule has 0 saturated heterocycles. The molecule has 0 heterocycles. The molecule has 0 bridgehead atoms. The molecule has 2 rings (SSSR count). The summed E-state index contributed by atoms with van der Waals surface area (Å²) in [5.74, 6) is 0.633. The van der Waals surface area contributed by atoms with Crippen molar-refractivity contribution in [2.75, 3.05) is 13.2 Å². The predicted octanol–water partition coefficient (Wildman–Crippen LogP) is 3.83. The Balaban J connectivity index is 1.62. The van der Waals surface area contributed by atoms with Crippen molar-refractivity contribution in [2.24, 2.45) is 5.73 Å². The van der Waals surface area contributed by atoms with Gasteiger partial charge >= 0.3 is 6.03 Å². The van der Waals surface area contributed by atoms with Crippen molar-refractivity contribution in [2.45, 2.75) is 19.5 Å². The number of benzene rings is 2. The lowest BCUT2D eigenvalue weighted by atomic mass is 10.1. The highest BCUT2D eigenvalue weighted by Gasteiger charge is 2.03. The van der Waals surface area contributed by atoms with E-state index in [0.717, 1.165) is 15.6 Å². The zero-order chi connectivity index (χ0) is 18.1. The molecule has 5 nitrogen and oxygen atoms in total. The molecule has 0 spiro atoms. The fraction of sp³-hybridized carbons (Fsp3) is 0.278. The number of hydrogen-bond acceptors (Lipinski definition) is 3. The largest absolute Gasteiger partial charge is 0.492 e. The van der Waals surface area contributed by atoms with Gasteiger partial charge < -0.3 is 21.1 Å². The fourth-order valence-electron chi connectivity index (χ4n) is 2.16.